The van der Waals surface area contributed by atoms with Crippen LogP contribution in [-0.2, 0) is 0 Å². The Labute approximate surface area is 115 Å². The highest BCUT2D eigenvalue weighted by Crippen LogP contribution is 2.25. The molecule has 98 valence electrons. The van der Waals surface area contributed by atoms with E-state index >= 15 is 0 Å². The molecule has 2 N–H and O–H groups in total. The molecule has 1 heterocycles. The van der Waals surface area contributed by atoms with E-state index in [4.69, 9.17) is 5.11 Å². The minimum absolute atomic E-state index is 0.0108. The summed E-state index contributed by atoms with van der Waals surface area (Å²) in [5.74, 6) is -2.57. The highest BCUT2D eigenvalue weighted by molar-refractivity contribution is 9.10. The molecule has 4 nitrogen and oxygen atoms in total. The molecule has 0 amide bonds. The van der Waals surface area contributed by atoms with Crippen LogP contribution in [0.3, 0.4) is 0 Å². The molecule has 0 aliphatic heterocycles. The van der Waals surface area contributed by atoms with E-state index in [0.29, 0.717) is 6.07 Å². The molecule has 7 heteroatoms. The van der Waals surface area contributed by atoms with Gasteiger partial charge in [-0.2, -0.15) is 0 Å². The van der Waals surface area contributed by atoms with Crippen LogP contribution in [0, 0.1) is 11.6 Å². The second-order valence-electron chi connectivity index (χ2n) is 3.58. The lowest BCUT2D eigenvalue weighted by atomic mass is 10.3. The number of benzene rings is 1. The number of aromatic nitrogens is 1. The largest absolute Gasteiger partial charge is 0.477 e. The number of hydrogen-bond acceptors (Lipinski definition) is 3. The van der Waals surface area contributed by atoms with Gasteiger partial charge in [-0.3, -0.25) is 0 Å². The van der Waals surface area contributed by atoms with Gasteiger partial charge in [0.25, 0.3) is 0 Å². The van der Waals surface area contributed by atoms with Crippen LogP contribution in [0.5, 0.6) is 0 Å². The molecule has 2 aromatic rings. The first kappa shape index (κ1) is 13.4. The summed E-state index contributed by atoms with van der Waals surface area (Å²) in [6, 6.07) is 6.18. The summed E-state index contributed by atoms with van der Waals surface area (Å²) in [5.41, 5.74) is -0.185. The van der Waals surface area contributed by atoms with E-state index in [1.54, 1.807) is 0 Å². The van der Waals surface area contributed by atoms with Crippen LogP contribution in [-0.4, -0.2) is 16.1 Å². The maximum absolute atomic E-state index is 13.5. The van der Waals surface area contributed by atoms with Crippen LogP contribution in [0.15, 0.2) is 34.8 Å². The lowest BCUT2D eigenvalue weighted by Gasteiger charge is -2.08. The number of pyridine rings is 1. The summed E-state index contributed by atoms with van der Waals surface area (Å²) < 4.78 is 26.7. The van der Waals surface area contributed by atoms with Crippen molar-refractivity contribution in [2.75, 3.05) is 5.32 Å². The average Bonchev–Trinajstić information content (AvgIpc) is 2.36. The van der Waals surface area contributed by atoms with Crippen molar-refractivity contribution in [1.82, 2.24) is 4.98 Å². The third-order valence-electron chi connectivity index (χ3n) is 2.24. The maximum atomic E-state index is 13.5. The Kier molecular flexibility index (Phi) is 3.75. The predicted molar refractivity (Wildman–Crippen MR) is 68.5 cm³/mol. The van der Waals surface area contributed by atoms with Crippen LogP contribution >= 0.6 is 15.9 Å². The molecule has 0 bridgehead atoms. The van der Waals surface area contributed by atoms with Gasteiger partial charge >= 0.3 is 5.97 Å². The van der Waals surface area contributed by atoms with E-state index in [2.05, 4.69) is 26.2 Å². The summed E-state index contributed by atoms with van der Waals surface area (Å²) in [5, 5.41) is 11.4. The van der Waals surface area contributed by atoms with E-state index in [1.807, 2.05) is 0 Å². The molecule has 0 unspecified atom stereocenters. The number of anilines is 2. The summed E-state index contributed by atoms with van der Waals surface area (Å²) in [6.07, 6.45) is 0. The molecule has 2 rings (SSSR count). The Balaban J connectivity index is 2.33. The van der Waals surface area contributed by atoms with Crippen LogP contribution in [0.4, 0.5) is 20.3 Å². The zero-order valence-electron chi connectivity index (χ0n) is 9.32. The van der Waals surface area contributed by atoms with Crippen molar-refractivity contribution < 1.29 is 18.7 Å². The molecule has 19 heavy (non-hydrogen) atoms. The zero-order valence-corrected chi connectivity index (χ0v) is 10.9. The topological polar surface area (TPSA) is 62.2 Å². The van der Waals surface area contributed by atoms with Crippen LogP contribution in [0.2, 0.25) is 0 Å². The van der Waals surface area contributed by atoms with Gasteiger partial charge in [-0.1, -0.05) is 6.07 Å². The molecule has 0 aliphatic rings. The summed E-state index contributed by atoms with van der Waals surface area (Å²) >= 11 is 2.94. The Morgan fingerprint density at radius 1 is 1.26 bits per heavy atom. The van der Waals surface area contributed by atoms with Crippen molar-refractivity contribution in [3.8, 4) is 0 Å². The quantitative estimate of drug-likeness (QED) is 0.845. The van der Waals surface area contributed by atoms with Gasteiger partial charge in [0, 0.05) is 6.07 Å². The Hall–Kier alpha value is -2.02. The highest BCUT2D eigenvalue weighted by Gasteiger charge is 2.10. The van der Waals surface area contributed by atoms with Crippen molar-refractivity contribution in [3.05, 3.63) is 52.1 Å². The van der Waals surface area contributed by atoms with E-state index in [-0.39, 0.29) is 21.7 Å². The van der Waals surface area contributed by atoms with Crippen molar-refractivity contribution >= 4 is 33.4 Å². The average molecular weight is 329 g/mol. The van der Waals surface area contributed by atoms with Gasteiger partial charge in [0.1, 0.15) is 17.5 Å². The standard InChI is InChI=1S/C12H7BrF2N2O2/c13-6-4-10(8(15)5-7(6)14)17-11-3-1-2-9(16-11)12(18)19/h1-5H,(H,16,17)(H,18,19). The van der Waals surface area contributed by atoms with Gasteiger partial charge < -0.3 is 10.4 Å². The number of rotatable bonds is 3. The second-order valence-corrected chi connectivity index (χ2v) is 4.44. The first-order chi connectivity index (χ1) is 8.97. The van der Waals surface area contributed by atoms with E-state index in [9.17, 15) is 13.6 Å². The molecule has 0 aliphatic carbocycles. The van der Waals surface area contributed by atoms with Gasteiger partial charge in [-0.05, 0) is 34.1 Å². The van der Waals surface area contributed by atoms with Gasteiger partial charge in [-0.15, -0.1) is 0 Å². The molecular formula is C12H7BrF2N2O2. The number of aromatic carboxylic acids is 1. The fourth-order valence-corrected chi connectivity index (χ4v) is 1.72. The normalized spacial score (nSPS) is 10.3. The Morgan fingerprint density at radius 3 is 2.68 bits per heavy atom. The lowest BCUT2D eigenvalue weighted by molar-refractivity contribution is 0.0690. The number of nitrogens with one attached hydrogen (secondary N) is 1. The van der Waals surface area contributed by atoms with E-state index in [0.717, 1.165) is 0 Å². The fraction of sp³-hybridized carbons (Fsp3) is 0. The third kappa shape index (κ3) is 3.05. The van der Waals surface area contributed by atoms with E-state index in [1.165, 1.54) is 24.3 Å². The molecule has 0 saturated carbocycles. The molecule has 0 spiro atoms. The molecule has 0 saturated heterocycles. The molecule has 0 atom stereocenters. The summed E-state index contributed by atoms with van der Waals surface area (Å²) in [6.45, 7) is 0. The fourth-order valence-electron chi connectivity index (χ4n) is 1.38. The summed E-state index contributed by atoms with van der Waals surface area (Å²) in [4.78, 5) is 14.5. The van der Waals surface area contributed by atoms with Crippen molar-refractivity contribution in [1.29, 1.82) is 0 Å². The number of carbonyl (C=O) groups is 1. The van der Waals surface area contributed by atoms with Crippen molar-refractivity contribution in [3.63, 3.8) is 0 Å². The monoisotopic (exact) mass is 328 g/mol. The number of carboxylic acid groups (broad SMARTS) is 1. The molecular weight excluding hydrogens is 322 g/mol. The number of hydrogen-bond donors (Lipinski definition) is 2. The first-order valence-electron chi connectivity index (χ1n) is 5.09. The third-order valence-corrected chi connectivity index (χ3v) is 2.85. The molecule has 0 fully saturated rings. The van der Waals surface area contributed by atoms with Gasteiger partial charge in [0.2, 0.25) is 0 Å². The maximum Gasteiger partial charge on any atom is 0.354 e. The SMILES string of the molecule is O=C(O)c1cccc(Nc2cc(Br)c(F)cc2F)n1. The highest BCUT2D eigenvalue weighted by atomic mass is 79.9. The van der Waals surface area contributed by atoms with Crippen molar-refractivity contribution in [2.24, 2.45) is 0 Å². The molecule has 0 radical (unpaired) electrons. The van der Waals surface area contributed by atoms with Gasteiger partial charge in [0.05, 0.1) is 10.2 Å². The minimum atomic E-state index is -1.19. The van der Waals surface area contributed by atoms with Crippen molar-refractivity contribution in [2.45, 2.75) is 0 Å². The van der Waals surface area contributed by atoms with Gasteiger partial charge in [-0.25, -0.2) is 18.6 Å². The Morgan fingerprint density at radius 2 is 2.00 bits per heavy atom. The zero-order chi connectivity index (χ0) is 14.0. The summed E-state index contributed by atoms with van der Waals surface area (Å²) in [7, 11) is 0. The lowest BCUT2D eigenvalue weighted by Crippen LogP contribution is -2.03. The molecule has 1 aromatic heterocycles. The Bertz CT molecular complexity index is 650. The minimum Gasteiger partial charge on any atom is -0.477 e. The van der Waals surface area contributed by atoms with Crippen LogP contribution < -0.4 is 5.32 Å². The second kappa shape index (κ2) is 5.31. The van der Waals surface area contributed by atoms with Crippen LogP contribution in [0.1, 0.15) is 10.5 Å². The van der Waals surface area contributed by atoms with Crippen LogP contribution in [0.25, 0.3) is 0 Å². The molecule has 1 aromatic carbocycles. The predicted octanol–water partition coefficient (Wildman–Crippen LogP) is 3.56. The van der Waals surface area contributed by atoms with Gasteiger partial charge in [0.15, 0.2) is 5.69 Å². The first-order valence-corrected chi connectivity index (χ1v) is 5.88. The number of nitrogens with zero attached hydrogens (tertiary/aromatic N) is 1. The van der Waals surface area contributed by atoms with E-state index < -0.39 is 17.6 Å². The smallest absolute Gasteiger partial charge is 0.354 e. The number of halogens is 3. The number of carboxylic acids is 1.